The Morgan fingerprint density at radius 1 is 1.12 bits per heavy atom. The fourth-order valence-electron chi connectivity index (χ4n) is 3.54. The normalized spacial score (nSPS) is 22.7. The van der Waals surface area contributed by atoms with Crippen molar-refractivity contribution in [2.45, 2.75) is 25.6 Å². The summed E-state index contributed by atoms with van der Waals surface area (Å²) in [5, 5.41) is 9.53. The number of benzene rings is 1. The molecule has 0 atom stereocenters. The van der Waals surface area contributed by atoms with Crippen molar-refractivity contribution in [3.05, 3.63) is 60.4 Å². The zero-order valence-electron chi connectivity index (χ0n) is 17.9. The summed E-state index contributed by atoms with van der Waals surface area (Å²) in [5.74, 6) is -3.26. The van der Waals surface area contributed by atoms with E-state index in [-0.39, 0.29) is 37.7 Å². The first kappa shape index (κ1) is 22.6. The van der Waals surface area contributed by atoms with Crippen molar-refractivity contribution in [2.24, 2.45) is 11.1 Å². The third kappa shape index (κ3) is 4.48. The number of pyridine rings is 1. The number of carbonyl (C=O) groups is 2. The van der Waals surface area contributed by atoms with Crippen LogP contribution in [0.4, 0.5) is 4.39 Å². The van der Waals surface area contributed by atoms with Crippen LogP contribution in [0.25, 0.3) is 22.5 Å². The zero-order chi connectivity index (χ0) is 23.6. The van der Waals surface area contributed by atoms with E-state index in [2.05, 4.69) is 9.97 Å². The molecule has 1 fully saturated rings. The number of nitrogens with two attached hydrogens (primary N) is 1. The second kappa shape index (κ2) is 8.72. The zero-order valence-corrected chi connectivity index (χ0v) is 17.9. The molecule has 172 valence electrons. The fraction of sp³-hybridized carbons (Fsp3) is 0.304. The number of carboxylic acid groups (broad SMARTS) is 1. The molecule has 0 aliphatic carbocycles. The molecule has 9 nitrogen and oxygen atoms in total. The van der Waals surface area contributed by atoms with Crippen LogP contribution >= 0.6 is 0 Å². The highest BCUT2D eigenvalue weighted by molar-refractivity contribution is 5.78. The van der Waals surface area contributed by atoms with Crippen molar-refractivity contribution in [2.75, 3.05) is 13.2 Å². The van der Waals surface area contributed by atoms with E-state index in [0.29, 0.717) is 17.0 Å². The number of nitrogens with zero attached hydrogens (tertiary/aromatic N) is 2. The summed E-state index contributed by atoms with van der Waals surface area (Å²) >= 11 is 0. The smallest absolute Gasteiger partial charge is 0.314 e. The first-order valence-corrected chi connectivity index (χ1v) is 10.3. The third-order valence-electron chi connectivity index (χ3n) is 5.62. The number of imidazole rings is 1. The molecule has 2 aromatic heterocycles. The largest absolute Gasteiger partial charge is 0.481 e. The lowest BCUT2D eigenvalue weighted by molar-refractivity contribution is -0.313. The molecule has 0 spiro atoms. The van der Waals surface area contributed by atoms with Gasteiger partial charge in [0.25, 0.3) is 0 Å². The lowest BCUT2D eigenvalue weighted by atomic mass is 9.91. The summed E-state index contributed by atoms with van der Waals surface area (Å²) in [6, 6.07) is 9.42. The number of primary amides is 1. The summed E-state index contributed by atoms with van der Waals surface area (Å²) < 4.78 is 25.5. The molecule has 1 aliphatic heterocycles. The number of hydrogen-bond donors (Lipinski definition) is 3. The quantitative estimate of drug-likeness (QED) is 0.499. The molecule has 0 saturated carbocycles. The maximum Gasteiger partial charge on any atom is 0.314 e. The minimum atomic E-state index is -1.51. The van der Waals surface area contributed by atoms with Crippen molar-refractivity contribution < 1.29 is 28.6 Å². The molecule has 1 saturated heterocycles. The predicted molar refractivity (Wildman–Crippen MR) is 115 cm³/mol. The van der Waals surface area contributed by atoms with Gasteiger partial charge >= 0.3 is 5.97 Å². The van der Waals surface area contributed by atoms with Gasteiger partial charge < -0.3 is 25.3 Å². The van der Waals surface area contributed by atoms with Gasteiger partial charge in [0.15, 0.2) is 5.82 Å². The predicted octanol–water partition coefficient (Wildman–Crippen LogP) is 2.83. The van der Waals surface area contributed by atoms with Gasteiger partial charge in [-0.1, -0.05) is 0 Å². The molecule has 3 aromatic rings. The van der Waals surface area contributed by atoms with Crippen molar-refractivity contribution in [1.29, 1.82) is 0 Å². The first-order chi connectivity index (χ1) is 15.7. The van der Waals surface area contributed by atoms with Crippen LogP contribution in [-0.2, 0) is 24.8 Å². The van der Waals surface area contributed by atoms with Crippen LogP contribution in [0, 0.1) is 11.2 Å². The van der Waals surface area contributed by atoms with Crippen molar-refractivity contribution in [3.63, 3.8) is 0 Å². The van der Waals surface area contributed by atoms with E-state index in [1.165, 1.54) is 19.1 Å². The van der Waals surface area contributed by atoms with Gasteiger partial charge in [-0.2, -0.15) is 0 Å². The molecule has 10 heteroatoms. The summed E-state index contributed by atoms with van der Waals surface area (Å²) in [5.41, 5.74) is 6.63. The van der Waals surface area contributed by atoms with E-state index in [1.807, 2.05) is 0 Å². The number of amides is 1. The highest BCUT2D eigenvalue weighted by atomic mass is 19.1. The molecule has 1 aromatic carbocycles. The molecule has 1 aliphatic rings. The average Bonchev–Trinajstić information content (AvgIpc) is 3.26. The van der Waals surface area contributed by atoms with Crippen LogP contribution in [-0.4, -0.2) is 45.1 Å². The van der Waals surface area contributed by atoms with Crippen LogP contribution < -0.4 is 5.73 Å². The van der Waals surface area contributed by atoms with Gasteiger partial charge in [-0.3, -0.25) is 14.6 Å². The van der Waals surface area contributed by atoms with Gasteiger partial charge in [0.2, 0.25) is 11.7 Å². The Hall–Kier alpha value is -3.63. The second-order valence-corrected chi connectivity index (χ2v) is 8.21. The van der Waals surface area contributed by atoms with E-state index < -0.39 is 23.1 Å². The van der Waals surface area contributed by atoms with E-state index in [1.54, 1.807) is 36.7 Å². The molecule has 0 radical (unpaired) electrons. The van der Waals surface area contributed by atoms with E-state index >= 15 is 0 Å². The Bertz CT molecular complexity index is 1160. The van der Waals surface area contributed by atoms with Gasteiger partial charge in [-0.25, -0.2) is 9.37 Å². The van der Waals surface area contributed by atoms with E-state index in [4.69, 9.17) is 20.2 Å². The number of aromatic nitrogens is 3. The number of carbonyl (C=O) groups excluding carboxylic acids is 1. The number of nitrogens with one attached hydrogen (secondary N) is 1. The number of aliphatic carboxylic acids is 1. The SMILES string of the molecule is CC1(C(=O)O)COC(CCC(N)=O)(c2nc(-c3ccc(F)cc3)c(-c3ccncc3)[nH]2)OC1. The van der Waals surface area contributed by atoms with Gasteiger partial charge in [0.1, 0.15) is 11.2 Å². The summed E-state index contributed by atoms with van der Waals surface area (Å²) in [6.45, 7) is 1.21. The van der Waals surface area contributed by atoms with Crippen LogP contribution in [0.2, 0.25) is 0 Å². The fourth-order valence-corrected chi connectivity index (χ4v) is 3.54. The lowest BCUT2D eigenvalue weighted by Gasteiger charge is -2.41. The molecule has 1 amide bonds. The second-order valence-electron chi connectivity index (χ2n) is 8.21. The van der Waals surface area contributed by atoms with Crippen molar-refractivity contribution in [3.8, 4) is 22.5 Å². The monoisotopic (exact) mass is 454 g/mol. The van der Waals surface area contributed by atoms with Crippen molar-refractivity contribution in [1.82, 2.24) is 15.0 Å². The van der Waals surface area contributed by atoms with Crippen LogP contribution in [0.3, 0.4) is 0 Å². The summed E-state index contributed by atoms with van der Waals surface area (Å²) in [7, 11) is 0. The summed E-state index contributed by atoms with van der Waals surface area (Å²) in [6.07, 6.45) is 3.21. The van der Waals surface area contributed by atoms with Crippen LogP contribution in [0.5, 0.6) is 0 Å². The molecule has 0 unspecified atom stereocenters. The molecule has 0 bridgehead atoms. The van der Waals surface area contributed by atoms with E-state index in [0.717, 1.165) is 5.56 Å². The topological polar surface area (TPSA) is 140 Å². The average molecular weight is 454 g/mol. The number of H-pyrrole nitrogens is 1. The molecule has 4 N–H and O–H groups in total. The Morgan fingerprint density at radius 2 is 1.76 bits per heavy atom. The minimum Gasteiger partial charge on any atom is -0.481 e. The number of ether oxygens (including phenoxy) is 2. The van der Waals surface area contributed by atoms with Crippen LogP contribution in [0.15, 0.2) is 48.8 Å². The van der Waals surface area contributed by atoms with Gasteiger partial charge in [-0.05, 0) is 43.3 Å². The standard InChI is InChI=1S/C23H23FN4O5/c1-22(21(30)31)12-32-23(33-13-22,9-6-17(25)29)20-27-18(14-2-4-16(24)5-3-14)19(28-20)15-7-10-26-11-8-15/h2-5,7-8,10-11H,6,9,12-13H2,1H3,(H2,25,29)(H,27,28)(H,30,31). The van der Waals surface area contributed by atoms with Gasteiger partial charge in [0, 0.05) is 36.4 Å². The highest BCUT2D eigenvalue weighted by Gasteiger charge is 2.49. The maximum absolute atomic E-state index is 13.5. The number of aromatic amines is 1. The molecular formula is C23H23FN4O5. The Kier molecular flexibility index (Phi) is 5.96. The minimum absolute atomic E-state index is 0.0319. The number of rotatable bonds is 7. The molecule has 33 heavy (non-hydrogen) atoms. The maximum atomic E-state index is 13.5. The number of carboxylic acids is 1. The Labute approximate surface area is 188 Å². The number of halogens is 1. The Balaban J connectivity index is 1.81. The molecular weight excluding hydrogens is 431 g/mol. The lowest BCUT2D eigenvalue weighted by Crippen LogP contribution is -2.51. The first-order valence-electron chi connectivity index (χ1n) is 10.3. The van der Waals surface area contributed by atoms with E-state index in [9.17, 15) is 19.1 Å². The molecule has 4 rings (SSSR count). The van der Waals surface area contributed by atoms with Gasteiger partial charge in [-0.15, -0.1) is 0 Å². The van der Waals surface area contributed by atoms with Crippen molar-refractivity contribution >= 4 is 11.9 Å². The van der Waals surface area contributed by atoms with Crippen LogP contribution in [0.1, 0.15) is 25.6 Å². The summed E-state index contributed by atoms with van der Waals surface area (Å²) in [4.78, 5) is 35.2. The van der Waals surface area contributed by atoms with Gasteiger partial charge in [0.05, 0.1) is 24.6 Å². The molecule has 3 heterocycles. The number of hydrogen-bond acceptors (Lipinski definition) is 6. The highest BCUT2D eigenvalue weighted by Crippen LogP contribution is 2.41. The third-order valence-corrected chi connectivity index (χ3v) is 5.62. The Morgan fingerprint density at radius 3 is 2.33 bits per heavy atom.